The molecule has 3 heterocycles. The van der Waals surface area contributed by atoms with Gasteiger partial charge in [-0.1, -0.05) is 30.3 Å². The van der Waals surface area contributed by atoms with Gasteiger partial charge in [0.15, 0.2) is 5.82 Å². The van der Waals surface area contributed by atoms with Crippen molar-refractivity contribution in [3.63, 3.8) is 0 Å². The number of imide groups is 1. The lowest BCUT2D eigenvalue weighted by Gasteiger charge is -2.37. The van der Waals surface area contributed by atoms with Crippen LogP contribution in [0.15, 0.2) is 54.6 Å². The number of fused-ring (bicyclic) bond motifs is 1. The molecular weight excluding hydrogens is 378 g/mol. The van der Waals surface area contributed by atoms with Crippen LogP contribution in [0, 0.1) is 6.92 Å². The third-order valence-corrected chi connectivity index (χ3v) is 5.93. The molecule has 2 fully saturated rings. The van der Waals surface area contributed by atoms with Crippen molar-refractivity contribution in [2.45, 2.75) is 25.8 Å². The van der Waals surface area contributed by atoms with Crippen molar-refractivity contribution in [3.8, 4) is 0 Å². The summed E-state index contributed by atoms with van der Waals surface area (Å²) >= 11 is 0. The van der Waals surface area contributed by atoms with Gasteiger partial charge in [-0.25, -0.2) is 19.7 Å². The second-order valence-corrected chi connectivity index (χ2v) is 7.81. The molecule has 3 amide bonds. The van der Waals surface area contributed by atoms with Gasteiger partial charge in [-0.15, -0.1) is 0 Å². The van der Waals surface area contributed by atoms with Gasteiger partial charge in [0.1, 0.15) is 6.54 Å². The predicted octanol–water partition coefficient (Wildman–Crippen LogP) is 3.38. The van der Waals surface area contributed by atoms with Crippen LogP contribution >= 0.6 is 0 Å². The number of aryl methyl sites for hydroxylation is 1. The Morgan fingerprint density at radius 1 is 0.867 bits per heavy atom. The monoisotopic (exact) mass is 401 g/mol. The van der Waals surface area contributed by atoms with Gasteiger partial charge >= 0.3 is 6.03 Å². The van der Waals surface area contributed by atoms with E-state index < -0.39 is 0 Å². The molecule has 0 spiro atoms. The van der Waals surface area contributed by atoms with Crippen LogP contribution in [0.2, 0.25) is 0 Å². The average Bonchev–Trinajstić information content (AvgIpc) is 3.08. The highest BCUT2D eigenvalue weighted by Gasteiger charge is 2.41. The zero-order valence-electron chi connectivity index (χ0n) is 16.9. The molecule has 2 saturated heterocycles. The van der Waals surface area contributed by atoms with Crippen molar-refractivity contribution < 1.29 is 9.59 Å². The number of aromatic nitrogens is 2. The maximum Gasteiger partial charge on any atom is 0.332 e. The molecule has 2 aliphatic rings. The van der Waals surface area contributed by atoms with E-state index >= 15 is 0 Å². The molecule has 5 rings (SSSR count). The van der Waals surface area contributed by atoms with E-state index in [4.69, 9.17) is 9.97 Å². The van der Waals surface area contributed by atoms with E-state index in [2.05, 4.69) is 4.90 Å². The fourth-order valence-electron chi connectivity index (χ4n) is 4.40. The van der Waals surface area contributed by atoms with Crippen molar-refractivity contribution >= 4 is 34.5 Å². The van der Waals surface area contributed by atoms with Crippen LogP contribution in [0.5, 0.6) is 0 Å². The molecule has 0 atom stereocenters. The smallest absolute Gasteiger partial charge is 0.332 e. The first-order chi connectivity index (χ1) is 14.6. The number of hydrogen-bond donors (Lipinski definition) is 0. The lowest BCUT2D eigenvalue weighted by atomic mass is 10.0. The zero-order valence-corrected chi connectivity index (χ0v) is 16.9. The number of carbonyl (C=O) groups is 2. The second kappa shape index (κ2) is 7.40. The van der Waals surface area contributed by atoms with Gasteiger partial charge in [0, 0.05) is 19.1 Å². The van der Waals surface area contributed by atoms with Gasteiger partial charge in [-0.2, -0.15) is 0 Å². The minimum absolute atomic E-state index is 0.0557. The lowest BCUT2D eigenvalue weighted by Crippen LogP contribution is -2.47. The van der Waals surface area contributed by atoms with Gasteiger partial charge < -0.3 is 9.80 Å². The van der Waals surface area contributed by atoms with Gasteiger partial charge in [0.2, 0.25) is 0 Å². The fraction of sp³-hybridized carbons (Fsp3) is 0.304. The number of anilines is 2. The number of para-hydroxylation sites is 3. The van der Waals surface area contributed by atoms with Gasteiger partial charge in [0.05, 0.1) is 22.4 Å². The number of amides is 3. The molecule has 1 aromatic heterocycles. The van der Waals surface area contributed by atoms with Crippen molar-refractivity contribution in [2.24, 2.45) is 0 Å². The first-order valence-electron chi connectivity index (χ1n) is 10.3. The summed E-state index contributed by atoms with van der Waals surface area (Å²) in [5.41, 5.74) is 3.33. The molecule has 0 unspecified atom stereocenters. The first kappa shape index (κ1) is 18.5. The van der Waals surface area contributed by atoms with Crippen LogP contribution in [0.25, 0.3) is 11.0 Å². The Hall–Kier alpha value is -3.48. The highest BCUT2D eigenvalue weighted by Crippen LogP contribution is 2.29. The third-order valence-electron chi connectivity index (χ3n) is 5.93. The van der Waals surface area contributed by atoms with Crippen molar-refractivity contribution in [2.75, 3.05) is 29.4 Å². The fourth-order valence-corrected chi connectivity index (χ4v) is 4.40. The van der Waals surface area contributed by atoms with Crippen molar-refractivity contribution in [1.82, 2.24) is 14.9 Å². The minimum atomic E-state index is -0.216. The molecule has 0 saturated carbocycles. The normalized spacial score (nSPS) is 18.0. The quantitative estimate of drug-likeness (QED) is 0.630. The summed E-state index contributed by atoms with van der Waals surface area (Å²) in [6.45, 7) is 3.69. The van der Waals surface area contributed by atoms with E-state index in [1.807, 2.05) is 49.4 Å². The van der Waals surface area contributed by atoms with Crippen molar-refractivity contribution in [3.05, 3.63) is 60.3 Å². The summed E-state index contributed by atoms with van der Waals surface area (Å²) in [5, 5.41) is 0. The van der Waals surface area contributed by atoms with Gasteiger partial charge in [-0.05, 0) is 44.0 Å². The SMILES string of the molecule is Cc1nc2ccccc2nc1N1CCC(N2CC(=O)N(c3ccccc3)C2=O)CC1. The van der Waals surface area contributed by atoms with E-state index in [0.717, 1.165) is 48.5 Å². The standard InChI is InChI=1S/C23H23N5O2/c1-16-22(25-20-10-6-5-9-19(20)24-16)26-13-11-17(12-14-26)27-15-21(29)28(23(27)30)18-7-3-2-4-8-18/h2-10,17H,11-15H2,1H3. The molecule has 3 aromatic rings. The van der Waals surface area contributed by atoms with Crippen LogP contribution in [-0.2, 0) is 4.79 Å². The number of hydrogen-bond acceptors (Lipinski definition) is 5. The molecule has 0 aliphatic carbocycles. The van der Waals surface area contributed by atoms with Crippen LogP contribution in [-0.4, -0.2) is 52.5 Å². The molecule has 0 N–H and O–H groups in total. The number of carbonyl (C=O) groups excluding carboxylic acids is 2. The summed E-state index contributed by atoms with van der Waals surface area (Å²) in [6, 6.07) is 16.9. The first-order valence-corrected chi connectivity index (χ1v) is 10.3. The molecule has 0 bridgehead atoms. The zero-order chi connectivity index (χ0) is 20.7. The van der Waals surface area contributed by atoms with Crippen LogP contribution in [0.4, 0.5) is 16.3 Å². The molecule has 2 aromatic carbocycles. The van der Waals surface area contributed by atoms with E-state index in [1.165, 1.54) is 4.90 Å². The molecule has 30 heavy (non-hydrogen) atoms. The molecule has 152 valence electrons. The van der Waals surface area contributed by atoms with Crippen LogP contribution in [0.3, 0.4) is 0 Å². The number of nitrogens with zero attached hydrogens (tertiary/aromatic N) is 5. The lowest BCUT2D eigenvalue weighted by molar-refractivity contribution is -0.116. The number of piperidine rings is 1. The highest BCUT2D eigenvalue weighted by molar-refractivity contribution is 6.19. The largest absolute Gasteiger partial charge is 0.355 e. The predicted molar refractivity (Wildman–Crippen MR) is 116 cm³/mol. The molecule has 7 nitrogen and oxygen atoms in total. The Bertz CT molecular complexity index is 1110. The third kappa shape index (κ3) is 3.16. The van der Waals surface area contributed by atoms with E-state index in [0.29, 0.717) is 5.69 Å². The summed E-state index contributed by atoms with van der Waals surface area (Å²) < 4.78 is 0. The summed E-state index contributed by atoms with van der Waals surface area (Å²) in [7, 11) is 0. The Kier molecular flexibility index (Phi) is 4.58. The summed E-state index contributed by atoms with van der Waals surface area (Å²) in [4.78, 5) is 40.3. The van der Waals surface area contributed by atoms with Crippen molar-refractivity contribution in [1.29, 1.82) is 0 Å². The molecular formula is C23H23N5O2. The van der Waals surface area contributed by atoms with Crippen LogP contribution < -0.4 is 9.80 Å². The topological polar surface area (TPSA) is 69.6 Å². The number of benzene rings is 2. The maximum absolute atomic E-state index is 13.0. The number of rotatable bonds is 3. The average molecular weight is 401 g/mol. The molecule has 0 radical (unpaired) electrons. The summed E-state index contributed by atoms with van der Waals surface area (Å²) in [5.74, 6) is 0.742. The second-order valence-electron chi connectivity index (χ2n) is 7.81. The minimum Gasteiger partial charge on any atom is -0.355 e. The molecule has 2 aliphatic heterocycles. The highest BCUT2D eigenvalue weighted by atomic mass is 16.2. The Labute approximate surface area is 174 Å². The van der Waals surface area contributed by atoms with Gasteiger partial charge in [0.25, 0.3) is 5.91 Å². The number of urea groups is 1. The summed E-state index contributed by atoms with van der Waals surface area (Å²) in [6.07, 6.45) is 1.60. The Balaban J connectivity index is 1.30. The Morgan fingerprint density at radius 2 is 1.50 bits per heavy atom. The molecule has 7 heteroatoms. The van der Waals surface area contributed by atoms with E-state index in [1.54, 1.807) is 17.0 Å². The van der Waals surface area contributed by atoms with E-state index in [9.17, 15) is 9.59 Å². The van der Waals surface area contributed by atoms with Gasteiger partial charge in [-0.3, -0.25) is 4.79 Å². The van der Waals surface area contributed by atoms with Crippen LogP contribution in [0.1, 0.15) is 18.5 Å². The maximum atomic E-state index is 13.0. The van der Waals surface area contributed by atoms with E-state index in [-0.39, 0.29) is 24.5 Å². The Morgan fingerprint density at radius 3 is 2.20 bits per heavy atom.